The van der Waals surface area contributed by atoms with E-state index in [9.17, 15) is 0 Å². The molecule has 0 aliphatic rings. The van der Waals surface area contributed by atoms with Crippen LogP contribution in [0.1, 0.15) is 124 Å². The molecule has 0 saturated carbocycles. The SMILES string of the molecule is CCCCCCCOC(CCCCC)=C(OCCCCCCC)OCOCCC. The van der Waals surface area contributed by atoms with E-state index in [1.54, 1.807) is 0 Å². The van der Waals surface area contributed by atoms with Crippen LogP contribution in [0, 0.1) is 0 Å². The van der Waals surface area contributed by atoms with Crippen molar-refractivity contribution in [2.24, 2.45) is 0 Å². The lowest BCUT2D eigenvalue weighted by Gasteiger charge is -2.18. The number of allylic oxidation sites excluding steroid dienone is 1. The Morgan fingerprint density at radius 2 is 1.03 bits per heavy atom. The van der Waals surface area contributed by atoms with Crippen molar-refractivity contribution >= 4 is 0 Å². The van der Waals surface area contributed by atoms with Gasteiger partial charge in [0.15, 0.2) is 12.6 Å². The van der Waals surface area contributed by atoms with Gasteiger partial charge >= 0.3 is 5.95 Å². The maximum atomic E-state index is 6.16. The lowest BCUT2D eigenvalue weighted by atomic mass is 10.1. The zero-order valence-corrected chi connectivity index (χ0v) is 20.1. The van der Waals surface area contributed by atoms with Crippen LogP contribution in [0.4, 0.5) is 0 Å². The first kappa shape index (κ1) is 28.1. The predicted octanol–water partition coefficient (Wildman–Crippen LogP) is 8.11. The van der Waals surface area contributed by atoms with E-state index in [1.165, 1.54) is 64.2 Å². The molecule has 0 aliphatic carbocycles. The van der Waals surface area contributed by atoms with Crippen LogP contribution in [-0.4, -0.2) is 26.6 Å². The summed E-state index contributed by atoms with van der Waals surface area (Å²) in [5, 5.41) is 0. The zero-order valence-electron chi connectivity index (χ0n) is 20.1. The van der Waals surface area contributed by atoms with Gasteiger partial charge in [0, 0.05) is 6.42 Å². The third kappa shape index (κ3) is 18.8. The molecule has 0 aliphatic heterocycles. The van der Waals surface area contributed by atoms with Gasteiger partial charge in [0.1, 0.15) is 0 Å². The van der Waals surface area contributed by atoms with E-state index in [0.717, 1.165) is 44.5 Å². The molecule has 0 N–H and O–H groups in total. The van der Waals surface area contributed by atoms with Crippen molar-refractivity contribution in [2.45, 2.75) is 124 Å². The van der Waals surface area contributed by atoms with Gasteiger partial charge in [0.25, 0.3) is 0 Å². The van der Waals surface area contributed by atoms with Crippen molar-refractivity contribution in [3.63, 3.8) is 0 Å². The molecular formula is C25H50O4. The minimum absolute atomic E-state index is 0.232. The third-order valence-corrected chi connectivity index (χ3v) is 4.86. The van der Waals surface area contributed by atoms with E-state index < -0.39 is 0 Å². The molecule has 0 radical (unpaired) electrons. The van der Waals surface area contributed by atoms with E-state index in [2.05, 4.69) is 27.7 Å². The van der Waals surface area contributed by atoms with Gasteiger partial charge in [-0.2, -0.15) is 0 Å². The molecule has 4 nitrogen and oxygen atoms in total. The second-order valence-corrected chi connectivity index (χ2v) is 7.86. The minimum Gasteiger partial charge on any atom is -0.491 e. The molecule has 0 saturated heterocycles. The summed E-state index contributed by atoms with van der Waals surface area (Å²) in [6.45, 7) is 11.2. The minimum atomic E-state index is 0.232. The first-order chi connectivity index (χ1) is 14.3. The second kappa shape index (κ2) is 23.4. The second-order valence-electron chi connectivity index (χ2n) is 7.86. The van der Waals surface area contributed by atoms with Crippen molar-refractivity contribution in [2.75, 3.05) is 26.6 Å². The molecule has 4 heteroatoms. The van der Waals surface area contributed by atoms with Crippen molar-refractivity contribution in [1.29, 1.82) is 0 Å². The smallest absolute Gasteiger partial charge is 0.321 e. The van der Waals surface area contributed by atoms with Crippen LogP contribution in [0.15, 0.2) is 11.7 Å². The van der Waals surface area contributed by atoms with Crippen molar-refractivity contribution in [3.8, 4) is 0 Å². The molecule has 174 valence electrons. The zero-order chi connectivity index (χ0) is 21.4. The van der Waals surface area contributed by atoms with Crippen molar-refractivity contribution in [1.82, 2.24) is 0 Å². The van der Waals surface area contributed by atoms with Gasteiger partial charge in [-0.05, 0) is 25.7 Å². The Labute approximate surface area is 181 Å². The van der Waals surface area contributed by atoms with Crippen LogP contribution in [0.3, 0.4) is 0 Å². The molecule has 0 aromatic carbocycles. The molecule has 0 bridgehead atoms. The summed E-state index contributed by atoms with van der Waals surface area (Å²) in [4.78, 5) is 0. The topological polar surface area (TPSA) is 36.9 Å². The molecule has 0 spiro atoms. The van der Waals surface area contributed by atoms with Gasteiger partial charge in [-0.3, -0.25) is 0 Å². The van der Waals surface area contributed by atoms with Crippen LogP contribution >= 0.6 is 0 Å². The summed E-state index contributed by atoms with van der Waals surface area (Å²) in [7, 11) is 0. The maximum absolute atomic E-state index is 6.16. The van der Waals surface area contributed by atoms with E-state index >= 15 is 0 Å². The Morgan fingerprint density at radius 3 is 1.62 bits per heavy atom. The van der Waals surface area contributed by atoms with Gasteiger partial charge in [0.05, 0.1) is 19.8 Å². The number of rotatable bonds is 23. The van der Waals surface area contributed by atoms with Gasteiger partial charge in [-0.25, -0.2) is 0 Å². The summed E-state index contributed by atoms with van der Waals surface area (Å²) in [6.07, 6.45) is 17.6. The fourth-order valence-electron chi connectivity index (χ4n) is 3.04. The Kier molecular flexibility index (Phi) is 22.7. The highest BCUT2D eigenvalue weighted by Crippen LogP contribution is 2.19. The van der Waals surface area contributed by atoms with E-state index in [0.29, 0.717) is 19.2 Å². The summed E-state index contributed by atoms with van der Waals surface area (Å²) < 4.78 is 23.6. The number of ether oxygens (including phenoxy) is 4. The quantitative estimate of drug-likeness (QED) is 0.0961. The molecule has 0 amide bonds. The summed E-state index contributed by atoms with van der Waals surface area (Å²) in [5.74, 6) is 1.43. The van der Waals surface area contributed by atoms with Crippen molar-refractivity contribution < 1.29 is 18.9 Å². The van der Waals surface area contributed by atoms with Crippen LogP contribution in [0.2, 0.25) is 0 Å². The highest BCUT2D eigenvalue weighted by molar-refractivity contribution is 4.95. The van der Waals surface area contributed by atoms with Crippen LogP contribution in [0.25, 0.3) is 0 Å². The Hall–Kier alpha value is -0.900. The average Bonchev–Trinajstić information content (AvgIpc) is 2.73. The molecule has 0 aromatic heterocycles. The standard InChI is InChI=1S/C25H50O4/c1-5-9-12-14-17-21-27-24(19-16-11-7-3)25(29-23-26-20-8-4)28-22-18-15-13-10-6-2/h5-23H2,1-4H3. The van der Waals surface area contributed by atoms with E-state index in [1.807, 2.05) is 0 Å². The van der Waals surface area contributed by atoms with Gasteiger partial charge in [0.2, 0.25) is 0 Å². The summed E-state index contributed by atoms with van der Waals surface area (Å²) in [5.41, 5.74) is 0. The molecule has 0 heterocycles. The number of hydrogen-bond donors (Lipinski definition) is 0. The summed E-state index contributed by atoms with van der Waals surface area (Å²) in [6, 6.07) is 0. The molecule has 0 fully saturated rings. The van der Waals surface area contributed by atoms with E-state index in [4.69, 9.17) is 18.9 Å². The van der Waals surface area contributed by atoms with Crippen LogP contribution in [-0.2, 0) is 18.9 Å². The van der Waals surface area contributed by atoms with E-state index in [-0.39, 0.29) is 6.79 Å². The fourth-order valence-corrected chi connectivity index (χ4v) is 3.04. The lowest BCUT2D eigenvalue weighted by Crippen LogP contribution is -2.10. The molecule has 0 rings (SSSR count). The lowest BCUT2D eigenvalue weighted by molar-refractivity contribution is -0.0838. The fraction of sp³-hybridized carbons (Fsp3) is 0.920. The average molecular weight is 415 g/mol. The molecule has 0 atom stereocenters. The first-order valence-electron chi connectivity index (χ1n) is 12.5. The largest absolute Gasteiger partial charge is 0.491 e. The highest BCUT2D eigenvalue weighted by atomic mass is 16.7. The number of hydrogen-bond acceptors (Lipinski definition) is 4. The monoisotopic (exact) mass is 414 g/mol. The van der Waals surface area contributed by atoms with Crippen molar-refractivity contribution in [3.05, 3.63) is 11.7 Å². The van der Waals surface area contributed by atoms with Crippen LogP contribution in [0.5, 0.6) is 0 Å². The van der Waals surface area contributed by atoms with Crippen LogP contribution < -0.4 is 0 Å². The normalized spacial score (nSPS) is 12.0. The number of unbranched alkanes of at least 4 members (excludes halogenated alkanes) is 10. The molecule has 0 unspecified atom stereocenters. The van der Waals surface area contributed by atoms with Gasteiger partial charge < -0.3 is 18.9 Å². The Balaban J connectivity index is 4.70. The Morgan fingerprint density at radius 1 is 0.483 bits per heavy atom. The first-order valence-corrected chi connectivity index (χ1v) is 12.5. The summed E-state index contributed by atoms with van der Waals surface area (Å²) >= 11 is 0. The highest BCUT2D eigenvalue weighted by Gasteiger charge is 2.13. The Bertz CT molecular complexity index is 355. The van der Waals surface area contributed by atoms with Gasteiger partial charge in [-0.1, -0.05) is 91.9 Å². The predicted molar refractivity (Wildman–Crippen MR) is 123 cm³/mol. The third-order valence-electron chi connectivity index (χ3n) is 4.86. The molecule has 29 heavy (non-hydrogen) atoms. The van der Waals surface area contributed by atoms with Gasteiger partial charge in [-0.15, -0.1) is 0 Å². The maximum Gasteiger partial charge on any atom is 0.321 e. The molecular weight excluding hydrogens is 364 g/mol. The molecule has 0 aromatic rings.